The Balaban J connectivity index is 1.59. The molecule has 7 heteroatoms. The third-order valence-corrected chi connectivity index (χ3v) is 4.47. The van der Waals surface area contributed by atoms with Crippen LogP contribution in [0.4, 0.5) is 23.1 Å². The number of carbonyl (C=O) groups excluding carboxylic acids is 1. The van der Waals surface area contributed by atoms with E-state index in [2.05, 4.69) is 30.5 Å². The molecule has 4 rings (SSSR count). The van der Waals surface area contributed by atoms with Crippen molar-refractivity contribution in [1.29, 1.82) is 0 Å². The molecule has 0 spiro atoms. The Morgan fingerprint density at radius 2 is 1.96 bits per heavy atom. The Bertz CT molecular complexity index is 943. The van der Waals surface area contributed by atoms with Crippen molar-refractivity contribution in [3.63, 3.8) is 0 Å². The summed E-state index contributed by atoms with van der Waals surface area (Å²) in [6.45, 7) is 2.48. The van der Waals surface area contributed by atoms with Gasteiger partial charge in [0.25, 0.3) is 0 Å². The van der Waals surface area contributed by atoms with Crippen molar-refractivity contribution in [2.45, 2.75) is 26.3 Å². The van der Waals surface area contributed by atoms with Crippen LogP contribution in [0.15, 0.2) is 36.5 Å². The third kappa shape index (κ3) is 3.46. The van der Waals surface area contributed by atoms with E-state index in [-0.39, 0.29) is 5.91 Å². The first-order chi connectivity index (χ1) is 12.6. The second-order valence-corrected chi connectivity index (χ2v) is 6.68. The molecule has 0 unspecified atom stereocenters. The standard InChI is InChI=1S/C19H22N6O/c1-12(26)22-14-5-7-15(8-6-14)23-18-9-17-16(10-21-18)24-19(20-2)25(17)11-13-3-4-13/h5-10,13H,3-4,11H2,1-2H3,(H,20,24)(H,21,23)(H,22,26). The first-order valence-corrected chi connectivity index (χ1v) is 8.81. The molecular weight excluding hydrogens is 328 g/mol. The predicted octanol–water partition coefficient (Wildman–Crippen LogP) is 3.59. The molecule has 0 radical (unpaired) electrons. The quantitative estimate of drug-likeness (QED) is 0.633. The molecule has 0 atom stereocenters. The normalized spacial score (nSPS) is 13.6. The number of hydrogen-bond donors (Lipinski definition) is 3. The first kappa shape index (κ1) is 16.4. The van der Waals surface area contributed by atoms with Crippen molar-refractivity contribution in [3.8, 4) is 0 Å². The molecule has 1 aliphatic carbocycles. The summed E-state index contributed by atoms with van der Waals surface area (Å²) < 4.78 is 2.24. The summed E-state index contributed by atoms with van der Waals surface area (Å²) >= 11 is 0. The maximum absolute atomic E-state index is 11.1. The summed E-state index contributed by atoms with van der Waals surface area (Å²) in [4.78, 5) is 20.2. The minimum absolute atomic E-state index is 0.0814. The highest BCUT2D eigenvalue weighted by Gasteiger charge is 2.24. The Labute approximate surface area is 151 Å². The maximum atomic E-state index is 11.1. The Hall–Kier alpha value is -3.09. The van der Waals surface area contributed by atoms with Crippen molar-refractivity contribution in [2.75, 3.05) is 23.0 Å². The van der Waals surface area contributed by atoms with Gasteiger partial charge in [-0.25, -0.2) is 9.97 Å². The molecule has 1 aromatic carbocycles. The van der Waals surface area contributed by atoms with Crippen molar-refractivity contribution in [1.82, 2.24) is 14.5 Å². The zero-order chi connectivity index (χ0) is 18.1. The SMILES string of the molecule is CNc1nc2cnc(Nc3ccc(NC(C)=O)cc3)cc2n1CC1CC1. The smallest absolute Gasteiger partial charge is 0.221 e. The number of nitrogens with one attached hydrogen (secondary N) is 3. The lowest BCUT2D eigenvalue weighted by molar-refractivity contribution is -0.114. The molecule has 3 aromatic rings. The van der Waals surface area contributed by atoms with E-state index in [0.29, 0.717) is 0 Å². The number of hydrogen-bond acceptors (Lipinski definition) is 5. The van der Waals surface area contributed by atoms with Crippen LogP contribution in [-0.4, -0.2) is 27.5 Å². The number of fused-ring (bicyclic) bond motifs is 1. The number of benzene rings is 1. The largest absolute Gasteiger partial charge is 0.359 e. The summed E-state index contributed by atoms with van der Waals surface area (Å²) in [5, 5.41) is 9.25. The van der Waals surface area contributed by atoms with E-state index in [1.165, 1.54) is 19.8 Å². The van der Waals surface area contributed by atoms with Gasteiger partial charge in [-0.2, -0.15) is 0 Å². The number of rotatable bonds is 6. The van der Waals surface area contributed by atoms with Gasteiger partial charge in [0, 0.05) is 38.0 Å². The van der Waals surface area contributed by atoms with Gasteiger partial charge < -0.3 is 20.5 Å². The van der Waals surface area contributed by atoms with Crippen LogP contribution >= 0.6 is 0 Å². The van der Waals surface area contributed by atoms with Gasteiger partial charge in [0.1, 0.15) is 11.3 Å². The van der Waals surface area contributed by atoms with Gasteiger partial charge in [0.15, 0.2) is 0 Å². The van der Waals surface area contributed by atoms with Crippen molar-refractivity contribution in [3.05, 3.63) is 36.5 Å². The van der Waals surface area contributed by atoms with Gasteiger partial charge in [-0.1, -0.05) is 0 Å². The van der Waals surface area contributed by atoms with E-state index in [4.69, 9.17) is 0 Å². The van der Waals surface area contributed by atoms with Crippen LogP contribution in [0, 0.1) is 5.92 Å². The molecule has 0 saturated heterocycles. The number of aromatic nitrogens is 3. The average molecular weight is 350 g/mol. The van der Waals surface area contributed by atoms with Crippen LogP contribution in [0.25, 0.3) is 11.0 Å². The van der Waals surface area contributed by atoms with Crippen molar-refractivity contribution in [2.24, 2.45) is 5.92 Å². The number of anilines is 4. The van der Waals surface area contributed by atoms with Crippen LogP contribution in [-0.2, 0) is 11.3 Å². The summed E-state index contributed by atoms with van der Waals surface area (Å²) in [7, 11) is 1.90. The summed E-state index contributed by atoms with van der Waals surface area (Å²) in [5.41, 5.74) is 3.65. The molecule has 3 N–H and O–H groups in total. The lowest BCUT2D eigenvalue weighted by Crippen LogP contribution is -2.05. The predicted molar refractivity (Wildman–Crippen MR) is 104 cm³/mol. The Morgan fingerprint density at radius 3 is 2.62 bits per heavy atom. The van der Waals surface area contributed by atoms with Crippen molar-refractivity contribution >= 4 is 40.1 Å². The van der Waals surface area contributed by atoms with E-state index >= 15 is 0 Å². The highest BCUT2D eigenvalue weighted by atomic mass is 16.1. The van der Waals surface area contributed by atoms with Crippen LogP contribution < -0.4 is 16.0 Å². The minimum Gasteiger partial charge on any atom is -0.359 e. The van der Waals surface area contributed by atoms with Gasteiger partial charge in [-0.05, 0) is 43.0 Å². The van der Waals surface area contributed by atoms with Crippen LogP contribution in [0.2, 0.25) is 0 Å². The fourth-order valence-electron chi connectivity index (χ4n) is 3.02. The summed E-state index contributed by atoms with van der Waals surface area (Å²) in [6.07, 6.45) is 4.38. The van der Waals surface area contributed by atoms with Gasteiger partial charge in [-0.15, -0.1) is 0 Å². The zero-order valence-electron chi connectivity index (χ0n) is 14.9. The molecule has 1 saturated carbocycles. The number of imidazole rings is 1. The second kappa shape index (κ2) is 6.67. The number of amides is 1. The van der Waals surface area contributed by atoms with E-state index in [9.17, 15) is 4.79 Å². The molecule has 1 amide bonds. The molecule has 7 nitrogen and oxygen atoms in total. The molecule has 26 heavy (non-hydrogen) atoms. The van der Waals surface area contributed by atoms with E-state index < -0.39 is 0 Å². The lowest BCUT2D eigenvalue weighted by Gasteiger charge is -2.09. The molecule has 1 fully saturated rings. The zero-order valence-corrected chi connectivity index (χ0v) is 14.9. The fraction of sp³-hybridized carbons (Fsp3) is 0.316. The fourth-order valence-corrected chi connectivity index (χ4v) is 3.02. The lowest BCUT2D eigenvalue weighted by atomic mass is 10.2. The molecule has 2 heterocycles. The third-order valence-electron chi connectivity index (χ3n) is 4.47. The van der Waals surface area contributed by atoms with Gasteiger partial charge in [-0.3, -0.25) is 4.79 Å². The van der Waals surface area contributed by atoms with Crippen LogP contribution in [0.1, 0.15) is 19.8 Å². The summed E-state index contributed by atoms with van der Waals surface area (Å²) in [5.74, 6) is 2.32. The molecule has 134 valence electrons. The number of carbonyl (C=O) groups is 1. The monoisotopic (exact) mass is 350 g/mol. The van der Waals surface area contributed by atoms with Crippen LogP contribution in [0.3, 0.4) is 0 Å². The topological polar surface area (TPSA) is 83.9 Å². The number of pyridine rings is 1. The first-order valence-electron chi connectivity index (χ1n) is 8.81. The van der Waals surface area contributed by atoms with E-state index in [1.54, 1.807) is 6.20 Å². The van der Waals surface area contributed by atoms with Gasteiger partial charge in [0.2, 0.25) is 11.9 Å². The second-order valence-electron chi connectivity index (χ2n) is 6.68. The molecular formula is C19H22N6O. The van der Waals surface area contributed by atoms with E-state index in [0.717, 1.165) is 46.6 Å². The maximum Gasteiger partial charge on any atom is 0.221 e. The number of nitrogens with zero attached hydrogens (tertiary/aromatic N) is 3. The van der Waals surface area contributed by atoms with Crippen molar-refractivity contribution < 1.29 is 4.79 Å². The molecule has 1 aliphatic rings. The van der Waals surface area contributed by atoms with E-state index in [1.807, 2.05) is 37.4 Å². The molecule has 0 aliphatic heterocycles. The highest BCUT2D eigenvalue weighted by molar-refractivity contribution is 5.89. The van der Waals surface area contributed by atoms with Gasteiger partial charge in [0.05, 0.1) is 11.7 Å². The van der Waals surface area contributed by atoms with Gasteiger partial charge >= 0.3 is 0 Å². The van der Waals surface area contributed by atoms with Crippen LogP contribution in [0.5, 0.6) is 0 Å². The average Bonchev–Trinajstić information content (AvgIpc) is 3.38. The summed E-state index contributed by atoms with van der Waals surface area (Å²) in [6, 6.07) is 9.58. The molecule has 0 bridgehead atoms. The molecule has 2 aromatic heterocycles. The minimum atomic E-state index is -0.0814. The Morgan fingerprint density at radius 1 is 1.23 bits per heavy atom. The highest BCUT2D eigenvalue weighted by Crippen LogP contribution is 2.33. The Kier molecular flexibility index (Phi) is 4.20.